The maximum absolute atomic E-state index is 13.1. The van der Waals surface area contributed by atoms with Gasteiger partial charge in [-0.05, 0) is 48.9 Å². The van der Waals surface area contributed by atoms with Gasteiger partial charge in [0.2, 0.25) is 10.0 Å². The molecule has 0 radical (unpaired) electrons. The Morgan fingerprint density at radius 1 is 1.05 bits per heavy atom. The molecule has 0 unspecified atom stereocenters. The standard InChI is InChI=1S/C15H15F2NO3S/c1-2-21-12-4-6-13(7-5-12)22(19,20)18-10-11-3-8-14(16)15(17)9-11/h3-9,18H,2,10H2,1H3. The maximum atomic E-state index is 13.1. The maximum Gasteiger partial charge on any atom is 0.240 e. The Balaban J connectivity index is 2.08. The summed E-state index contributed by atoms with van der Waals surface area (Å²) >= 11 is 0. The molecule has 0 saturated carbocycles. The van der Waals surface area contributed by atoms with Crippen LogP contribution in [0.2, 0.25) is 0 Å². The summed E-state index contributed by atoms with van der Waals surface area (Å²) in [7, 11) is -3.73. The monoisotopic (exact) mass is 327 g/mol. The van der Waals surface area contributed by atoms with E-state index in [-0.39, 0.29) is 11.4 Å². The van der Waals surface area contributed by atoms with Crippen LogP contribution in [0.25, 0.3) is 0 Å². The summed E-state index contributed by atoms with van der Waals surface area (Å²) < 4.78 is 57.7. The van der Waals surface area contributed by atoms with Gasteiger partial charge in [0.25, 0.3) is 0 Å². The van der Waals surface area contributed by atoms with Gasteiger partial charge in [0.15, 0.2) is 11.6 Å². The van der Waals surface area contributed by atoms with Crippen molar-refractivity contribution in [2.24, 2.45) is 0 Å². The smallest absolute Gasteiger partial charge is 0.240 e. The summed E-state index contributed by atoms with van der Waals surface area (Å²) in [6.45, 7) is 2.18. The number of sulfonamides is 1. The quantitative estimate of drug-likeness (QED) is 0.887. The Morgan fingerprint density at radius 3 is 2.32 bits per heavy atom. The predicted molar refractivity (Wildman–Crippen MR) is 78.0 cm³/mol. The summed E-state index contributed by atoms with van der Waals surface area (Å²) in [4.78, 5) is 0.0681. The van der Waals surface area contributed by atoms with Crippen LogP contribution in [-0.4, -0.2) is 15.0 Å². The molecule has 0 aliphatic carbocycles. The van der Waals surface area contributed by atoms with Crippen molar-refractivity contribution in [2.75, 3.05) is 6.61 Å². The van der Waals surface area contributed by atoms with Gasteiger partial charge in [-0.25, -0.2) is 21.9 Å². The number of benzene rings is 2. The lowest BCUT2D eigenvalue weighted by atomic mass is 10.2. The molecule has 0 aliphatic rings. The Morgan fingerprint density at radius 2 is 1.73 bits per heavy atom. The molecule has 4 nitrogen and oxygen atoms in total. The lowest BCUT2D eigenvalue weighted by molar-refractivity contribution is 0.340. The van der Waals surface area contributed by atoms with Crippen molar-refractivity contribution in [1.82, 2.24) is 4.72 Å². The van der Waals surface area contributed by atoms with E-state index in [1.807, 2.05) is 6.92 Å². The molecular formula is C15H15F2NO3S. The molecule has 7 heteroatoms. The highest BCUT2D eigenvalue weighted by Gasteiger charge is 2.14. The third kappa shape index (κ3) is 4.02. The van der Waals surface area contributed by atoms with E-state index >= 15 is 0 Å². The van der Waals surface area contributed by atoms with Crippen molar-refractivity contribution in [2.45, 2.75) is 18.4 Å². The van der Waals surface area contributed by atoms with Crippen molar-refractivity contribution in [1.29, 1.82) is 0 Å². The molecule has 0 saturated heterocycles. The van der Waals surface area contributed by atoms with E-state index in [4.69, 9.17) is 4.74 Å². The zero-order valence-corrected chi connectivity index (χ0v) is 12.7. The van der Waals surface area contributed by atoms with Gasteiger partial charge in [0.05, 0.1) is 11.5 Å². The number of hydrogen-bond donors (Lipinski definition) is 1. The molecule has 0 fully saturated rings. The first-order valence-electron chi connectivity index (χ1n) is 6.59. The topological polar surface area (TPSA) is 55.4 Å². The van der Waals surface area contributed by atoms with Crippen molar-refractivity contribution < 1.29 is 21.9 Å². The number of rotatable bonds is 6. The Hall–Kier alpha value is -1.99. The summed E-state index contributed by atoms with van der Waals surface area (Å²) in [5.41, 5.74) is 0.327. The van der Waals surface area contributed by atoms with Crippen LogP contribution < -0.4 is 9.46 Å². The zero-order chi connectivity index (χ0) is 16.2. The lowest BCUT2D eigenvalue weighted by Crippen LogP contribution is -2.23. The minimum atomic E-state index is -3.73. The average Bonchev–Trinajstić information content (AvgIpc) is 2.49. The average molecular weight is 327 g/mol. The molecule has 0 aromatic heterocycles. The molecule has 0 bridgehead atoms. The second-order valence-corrected chi connectivity index (χ2v) is 6.24. The van der Waals surface area contributed by atoms with Gasteiger partial charge in [-0.3, -0.25) is 0 Å². The highest BCUT2D eigenvalue weighted by Crippen LogP contribution is 2.16. The normalized spacial score (nSPS) is 11.4. The summed E-state index contributed by atoms with van der Waals surface area (Å²) in [5, 5.41) is 0. The fraction of sp³-hybridized carbons (Fsp3) is 0.200. The van der Waals surface area contributed by atoms with E-state index in [0.29, 0.717) is 17.9 Å². The molecule has 1 N–H and O–H groups in total. The number of hydrogen-bond acceptors (Lipinski definition) is 3. The van der Waals surface area contributed by atoms with Gasteiger partial charge in [0, 0.05) is 6.54 Å². The fourth-order valence-corrected chi connectivity index (χ4v) is 2.81. The van der Waals surface area contributed by atoms with Gasteiger partial charge in [0.1, 0.15) is 5.75 Å². The second-order valence-electron chi connectivity index (χ2n) is 4.48. The Kier molecular flexibility index (Phi) is 5.10. The van der Waals surface area contributed by atoms with Gasteiger partial charge >= 0.3 is 0 Å². The summed E-state index contributed by atoms with van der Waals surface area (Å²) in [5.74, 6) is -1.42. The minimum Gasteiger partial charge on any atom is -0.494 e. The van der Waals surface area contributed by atoms with E-state index in [9.17, 15) is 17.2 Å². The molecule has 22 heavy (non-hydrogen) atoms. The Bertz CT molecular complexity index is 746. The van der Waals surface area contributed by atoms with E-state index in [0.717, 1.165) is 12.1 Å². The predicted octanol–water partition coefficient (Wildman–Crippen LogP) is 2.84. The molecule has 0 heterocycles. The van der Waals surface area contributed by atoms with Crippen LogP contribution in [0.15, 0.2) is 47.4 Å². The van der Waals surface area contributed by atoms with Crippen molar-refractivity contribution in [3.05, 3.63) is 59.7 Å². The minimum absolute atomic E-state index is 0.0681. The third-order valence-electron chi connectivity index (χ3n) is 2.90. The van der Waals surface area contributed by atoms with Crippen molar-refractivity contribution >= 4 is 10.0 Å². The molecule has 118 valence electrons. The molecule has 2 rings (SSSR count). The fourth-order valence-electron chi connectivity index (χ4n) is 1.79. The van der Waals surface area contributed by atoms with Crippen LogP contribution in [0.1, 0.15) is 12.5 Å². The van der Waals surface area contributed by atoms with Gasteiger partial charge in [-0.15, -0.1) is 0 Å². The van der Waals surface area contributed by atoms with E-state index in [2.05, 4.69) is 4.72 Å². The molecule has 2 aromatic rings. The van der Waals surface area contributed by atoms with Crippen LogP contribution >= 0.6 is 0 Å². The van der Waals surface area contributed by atoms with E-state index in [1.54, 1.807) is 12.1 Å². The first-order chi connectivity index (χ1) is 10.4. The van der Waals surface area contributed by atoms with Crippen LogP contribution in [-0.2, 0) is 16.6 Å². The van der Waals surface area contributed by atoms with Crippen LogP contribution in [0.4, 0.5) is 8.78 Å². The zero-order valence-electron chi connectivity index (χ0n) is 11.8. The highest BCUT2D eigenvalue weighted by atomic mass is 32.2. The van der Waals surface area contributed by atoms with Crippen LogP contribution in [0, 0.1) is 11.6 Å². The van der Waals surface area contributed by atoms with Gasteiger partial charge in [-0.2, -0.15) is 0 Å². The van der Waals surface area contributed by atoms with Crippen LogP contribution in [0.3, 0.4) is 0 Å². The molecule has 2 aromatic carbocycles. The molecule has 0 spiro atoms. The molecular weight excluding hydrogens is 312 g/mol. The SMILES string of the molecule is CCOc1ccc(S(=O)(=O)NCc2ccc(F)c(F)c2)cc1. The number of nitrogens with one attached hydrogen (secondary N) is 1. The number of ether oxygens (including phenoxy) is 1. The summed E-state index contributed by atoms with van der Waals surface area (Å²) in [6, 6.07) is 9.16. The first-order valence-corrected chi connectivity index (χ1v) is 8.07. The second kappa shape index (κ2) is 6.85. The lowest BCUT2D eigenvalue weighted by Gasteiger charge is -2.08. The van der Waals surface area contributed by atoms with E-state index in [1.165, 1.54) is 18.2 Å². The third-order valence-corrected chi connectivity index (χ3v) is 4.31. The first kappa shape index (κ1) is 16.4. The molecule has 0 atom stereocenters. The van der Waals surface area contributed by atoms with Crippen LogP contribution in [0.5, 0.6) is 5.75 Å². The van der Waals surface area contributed by atoms with Crippen molar-refractivity contribution in [3.8, 4) is 5.75 Å². The van der Waals surface area contributed by atoms with Gasteiger partial charge in [-0.1, -0.05) is 6.07 Å². The van der Waals surface area contributed by atoms with E-state index < -0.39 is 21.7 Å². The van der Waals surface area contributed by atoms with Crippen molar-refractivity contribution in [3.63, 3.8) is 0 Å². The highest BCUT2D eigenvalue weighted by molar-refractivity contribution is 7.89. The molecule has 0 amide bonds. The number of halogens is 2. The molecule has 0 aliphatic heterocycles. The summed E-state index contributed by atoms with van der Waals surface area (Å²) in [6.07, 6.45) is 0. The Labute approximate surface area is 127 Å². The largest absolute Gasteiger partial charge is 0.494 e. The van der Waals surface area contributed by atoms with Gasteiger partial charge < -0.3 is 4.74 Å².